The Balaban J connectivity index is 0.00000441. The number of hydrogen-bond acceptors (Lipinski definition) is 3. The summed E-state index contributed by atoms with van der Waals surface area (Å²) in [7, 11) is 3.35. The van der Waals surface area contributed by atoms with Crippen molar-refractivity contribution in [2.45, 2.75) is 26.7 Å². The number of halogens is 1. The summed E-state index contributed by atoms with van der Waals surface area (Å²) < 4.78 is 10.6. The summed E-state index contributed by atoms with van der Waals surface area (Å²) in [6.45, 7) is 6.63. The lowest BCUT2D eigenvalue weighted by atomic mass is 10.1. The molecule has 0 radical (unpaired) electrons. The third-order valence-corrected chi connectivity index (χ3v) is 3.45. The molecule has 6 heteroatoms. The number of ether oxygens (including phenoxy) is 2. The zero-order valence-electron chi connectivity index (χ0n) is 14.0. The highest BCUT2D eigenvalue weighted by molar-refractivity contribution is 14.0. The Labute approximate surface area is 150 Å². The van der Waals surface area contributed by atoms with E-state index in [4.69, 9.17) is 15.2 Å². The molecule has 1 aromatic rings. The summed E-state index contributed by atoms with van der Waals surface area (Å²) >= 11 is 0. The zero-order valence-corrected chi connectivity index (χ0v) is 16.3. The summed E-state index contributed by atoms with van der Waals surface area (Å²) in [5, 5.41) is 0. The number of rotatable bonds is 8. The van der Waals surface area contributed by atoms with Crippen molar-refractivity contribution in [1.82, 2.24) is 4.90 Å². The first-order chi connectivity index (χ1) is 10.2. The molecule has 22 heavy (non-hydrogen) atoms. The molecule has 0 aliphatic rings. The molecular weight excluding hydrogens is 393 g/mol. The lowest BCUT2D eigenvalue weighted by Crippen LogP contribution is -2.37. The van der Waals surface area contributed by atoms with E-state index >= 15 is 0 Å². The van der Waals surface area contributed by atoms with Crippen molar-refractivity contribution >= 4 is 29.9 Å². The molecule has 0 amide bonds. The van der Waals surface area contributed by atoms with Crippen molar-refractivity contribution in [2.75, 3.05) is 33.9 Å². The van der Waals surface area contributed by atoms with Gasteiger partial charge in [0.25, 0.3) is 0 Å². The molecule has 0 heterocycles. The molecular formula is C16H28IN3O2. The van der Waals surface area contributed by atoms with Crippen molar-refractivity contribution in [1.29, 1.82) is 0 Å². The topological polar surface area (TPSA) is 60.1 Å². The first-order valence-electron chi connectivity index (χ1n) is 7.42. The summed E-state index contributed by atoms with van der Waals surface area (Å²) in [5.41, 5.74) is 7.08. The Morgan fingerprint density at radius 2 is 1.86 bits per heavy atom. The Kier molecular flexibility index (Phi) is 10.8. The van der Waals surface area contributed by atoms with Crippen molar-refractivity contribution in [3.8, 4) is 11.5 Å². The number of guanidine groups is 1. The molecule has 0 unspecified atom stereocenters. The minimum Gasteiger partial charge on any atom is -0.497 e. The summed E-state index contributed by atoms with van der Waals surface area (Å²) in [4.78, 5) is 6.48. The van der Waals surface area contributed by atoms with Crippen molar-refractivity contribution < 1.29 is 9.47 Å². The van der Waals surface area contributed by atoms with E-state index in [1.54, 1.807) is 14.2 Å². The maximum absolute atomic E-state index is 5.95. The lowest BCUT2D eigenvalue weighted by molar-refractivity contribution is 0.398. The Morgan fingerprint density at radius 3 is 2.41 bits per heavy atom. The monoisotopic (exact) mass is 421 g/mol. The standard InChI is InChI=1S/C16H27N3O2.HI/c1-5-19(6-2)16(17)18-11-7-8-13-12-14(20-3)9-10-15(13)21-4;/h9-10,12H,5-8,11H2,1-4H3,(H2,17,18);1H. The van der Waals surface area contributed by atoms with Crippen LogP contribution in [0.15, 0.2) is 23.2 Å². The molecule has 0 fully saturated rings. The zero-order chi connectivity index (χ0) is 15.7. The molecule has 2 N–H and O–H groups in total. The third-order valence-electron chi connectivity index (χ3n) is 3.45. The molecule has 0 aliphatic carbocycles. The second-order valence-corrected chi connectivity index (χ2v) is 4.69. The van der Waals surface area contributed by atoms with Crippen LogP contribution in [-0.2, 0) is 6.42 Å². The predicted octanol–water partition coefficient (Wildman–Crippen LogP) is 2.91. The van der Waals surface area contributed by atoms with Crippen LogP contribution in [0.25, 0.3) is 0 Å². The van der Waals surface area contributed by atoms with E-state index in [0.717, 1.165) is 43.0 Å². The quantitative estimate of drug-likeness (QED) is 0.304. The van der Waals surface area contributed by atoms with Gasteiger partial charge in [-0.2, -0.15) is 0 Å². The van der Waals surface area contributed by atoms with Crippen molar-refractivity contribution in [3.05, 3.63) is 23.8 Å². The van der Waals surface area contributed by atoms with E-state index in [1.165, 1.54) is 0 Å². The molecule has 0 aromatic heterocycles. The van der Waals surface area contributed by atoms with Crippen LogP contribution >= 0.6 is 24.0 Å². The molecule has 1 rings (SSSR count). The first-order valence-corrected chi connectivity index (χ1v) is 7.42. The van der Waals surface area contributed by atoms with Gasteiger partial charge in [-0.15, -0.1) is 24.0 Å². The number of methoxy groups -OCH3 is 2. The Hall–Kier alpha value is -1.18. The summed E-state index contributed by atoms with van der Waals surface area (Å²) in [6, 6.07) is 5.84. The van der Waals surface area contributed by atoms with Gasteiger partial charge >= 0.3 is 0 Å². The maximum atomic E-state index is 5.95. The van der Waals surface area contributed by atoms with Crippen LogP contribution in [0, 0.1) is 0 Å². The van der Waals surface area contributed by atoms with E-state index in [9.17, 15) is 0 Å². The average Bonchev–Trinajstić information content (AvgIpc) is 2.52. The van der Waals surface area contributed by atoms with E-state index in [2.05, 4.69) is 18.8 Å². The average molecular weight is 421 g/mol. The van der Waals surface area contributed by atoms with Gasteiger partial charge in [-0.05, 0) is 50.5 Å². The van der Waals surface area contributed by atoms with Gasteiger partial charge in [0, 0.05) is 19.6 Å². The molecule has 5 nitrogen and oxygen atoms in total. The van der Waals surface area contributed by atoms with E-state index in [-0.39, 0.29) is 24.0 Å². The number of aliphatic imine (C=N–C) groups is 1. The normalized spacial score (nSPS) is 10.8. The molecule has 0 saturated heterocycles. The van der Waals surface area contributed by atoms with E-state index in [1.807, 2.05) is 23.1 Å². The van der Waals surface area contributed by atoms with Gasteiger partial charge in [0.2, 0.25) is 0 Å². The number of aryl methyl sites for hydroxylation is 1. The smallest absolute Gasteiger partial charge is 0.191 e. The van der Waals surface area contributed by atoms with Crippen LogP contribution in [-0.4, -0.2) is 44.7 Å². The maximum Gasteiger partial charge on any atom is 0.191 e. The van der Waals surface area contributed by atoms with E-state index < -0.39 is 0 Å². The van der Waals surface area contributed by atoms with Crippen molar-refractivity contribution in [3.63, 3.8) is 0 Å². The molecule has 0 atom stereocenters. The van der Waals surface area contributed by atoms with Gasteiger partial charge < -0.3 is 20.1 Å². The van der Waals surface area contributed by atoms with E-state index in [0.29, 0.717) is 12.5 Å². The number of benzene rings is 1. The van der Waals surface area contributed by atoms with Gasteiger partial charge in [0.05, 0.1) is 14.2 Å². The fraction of sp³-hybridized carbons (Fsp3) is 0.562. The van der Waals surface area contributed by atoms with Gasteiger partial charge in [0.15, 0.2) is 5.96 Å². The van der Waals surface area contributed by atoms with Crippen LogP contribution in [0.3, 0.4) is 0 Å². The van der Waals surface area contributed by atoms with Gasteiger partial charge in [-0.3, -0.25) is 4.99 Å². The molecule has 0 spiro atoms. The second-order valence-electron chi connectivity index (χ2n) is 4.69. The third kappa shape index (κ3) is 6.29. The molecule has 0 aliphatic heterocycles. The Morgan fingerprint density at radius 1 is 1.18 bits per heavy atom. The fourth-order valence-corrected chi connectivity index (χ4v) is 2.19. The minimum atomic E-state index is 0. The van der Waals surface area contributed by atoms with Crippen LogP contribution in [0.2, 0.25) is 0 Å². The summed E-state index contributed by atoms with van der Waals surface area (Å²) in [6.07, 6.45) is 1.81. The van der Waals surface area contributed by atoms with Crippen LogP contribution in [0.1, 0.15) is 25.8 Å². The highest BCUT2D eigenvalue weighted by atomic mass is 127. The number of nitrogens with two attached hydrogens (primary N) is 1. The molecule has 1 aromatic carbocycles. The molecule has 0 saturated carbocycles. The second kappa shape index (κ2) is 11.4. The van der Waals surface area contributed by atoms with Crippen molar-refractivity contribution in [2.24, 2.45) is 10.7 Å². The largest absolute Gasteiger partial charge is 0.497 e. The highest BCUT2D eigenvalue weighted by Crippen LogP contribution is 2.25. The van der Waals surface area contributed by atoms with Crippen LogP contribution < -0.4 is 15.2 Å². The lowest BCUT2D eigenvalue weighted by Gasteiger charge is -2.19. The van der Waals surface area contributed by atoms with Crippen LogP contribution in [0.4, 0.5) is 0 Å². The molecule has 126 valence electrons. The number of hydrogen-bond donors (Lipinski definition) is 1. The minimum absolute atomic E-state index is 0. The number of nitrogens with zero attached hydrogens (tertiary/aromatic N) is 2. The molecule has 0 bridgehead atoms. The summed E-state index contributed by atoms with van der Waals surface area (Å²) in [5.74, 6) is 2.35. The Bertz CT molecular complexity index is 463. The van der Waals surface area contributed by atoms with Gasteiger partial charge in [-0.1, -0.05) is 0 Å². The van der Waals surface area contributed by atoms with Gasteiger partial charge in [-0.25, -0.2) is 0 Å². The fourth-order valence-electron chi connectivity index (χ4n) is 2.19. The van der Waals surface area contributed by atoms with Gasteiger partial charge in [0.1, 0.15) is 11.5 Å². The SMILES string of the molecule is CCN(CC)C(N)=NCCCc1cc(OC)ccc1OC.I. The van der Waals surface area contributed by atoms with Crippen LogP contribution in [0.5, 0.6) is 11.5 Å². The highest BCUT2D eigenvalue weighted by Gasteiger charge is 2.05. The predicted molar refractivity (Wildman–Crippen MR) is 103 cm³/mol. The first kappa shape index (κ1) is 20.8.